The van der Waals surface area contributed by atoms with E-state index in [4.69, 9.17) is 90.9 Å². The van der Waals surface area contributed by atoms with E-state index in [1.807, 2.05) is 20.8 Å². The Bertz CT molecular complexity index is 2760. The summed E-state index contributed by atoms with van der Waals surface area (Å²) in [6, 6.07) is 0. The summed E-state index contributed by atoms with van der Waals surface area (Å²) in [5, 5.41) is 20.3. The van der Waals surface area contributed by atoms with Gasteiger partial charge in [-0.3, -0.25) is 33.6 Å². The highest BCUT2D eigenvalue weighted by atomic mass is 17.3. The second kappa shape index (κ2) is 27.0. The van der Waals surface area contributed by atoms with Crippen LogP contribution in [0, 0.1) is 75.9 Å². The first-order valence-corrected chi connectivity index (χ1v) is 34.6. The molecule has 0 aromatic rings. The molecule has 12 saturated heterocycles. The zero-order valence-electron chi connectivity index (χ0n) is 56.4. The van der Waals surface area contributed by atoms with Crippen LogP contribution in [0.4, 0.5) is 0 Å². The van der Waals surface area contributed by atoms with Gasteiger partial charge in [0.1, 0.15) is 19.8 Å². The number of hydrogen-bond acceptors (Lipinski definition) is 27. The van der Waals surface area contributed by atoms with Crippen molar-refractivity contribution in [2.45, 2.75) is 276 Å². The predicted molar refractivity (Wildman–Crippen MR) is 315 cm³/mol. The molecular weight excluding hydrogens is 1250 g/mol. The van der Waals surface area contributed by atoms with Gasteiger partial charge in [-0.1, -0.05) is 48.5 Å². The maximum Gasteiger partial charge on any atom is 0.308 e. The van der Waals surface area contributed by atoms with E-state index in [2.05, 4.69) is 27.7 Å². The molecule has 25 atom stereocenters. The lowest BCUT2D eigenvalue weighted by Crippen LogP contribution is -2.74. The Morgan fingerprint density at radius 1 is 0.442 bits per heavy atom. The van der Waals surface area contributed by atoms with Gasteiger partial charge in [0.05, 0.1) is 57.0 Å². The van der Waals surface area contributed by atoms with Crippen LogP contribution in [-0.2, 0) is 124 Å². The standard InChI is InChI=1S/C67H98O28/c1-35-11-13-44-38(4)54(84-57-65(44)41(35)24-28-61(8,87-57)90-93-65)81-51(74)20-17-48(71)78-32-64(31-77-47(70)16-15-46(68)69,33-79-49(72)18-21-52(75)82-55-39(5)45-14-12-36(2)42-25-29-62(9)88-58(85-55)66(42,45)94-91-62)34-80-50(73)19-22-53(76)83-56-40(6)60(7)27-23-37(3)43-26-30-63(10)89-59(86-56)67(43,60)95-92-63/h35-45,47,54-59,70H,11-34H2,1-10H3,(H,68,69)/t35-,36-,37-,38-,39-,40+,41+,42+,43+,44+,45+,47?,54-,55-,56-,57-,58-,59-,60+,61+,62+,63+,65-,66-,67+/m1/s1. The van der Waals surface area contributed by atoms with Crippen LogP contribution in [0.15, 0.2) is 0 Å². The van der Waals surface area contributed by atoms with E-state index in [0.29, 0.717) is 37.5 Å². The normalized spacial score (nSPS) is 45.1. The molecule has 95 heavy (non-hydrogen) atoms. The number of carboxylic acid groups (broad SMARTS) is 1. The molecular formula is C67H98O28. The minimum Gasteiger partial charge on any atom is -0.481 e. The van der Waals surface area contributed by atoms with Crippen LogP contribution in [0.5, 0.6) is 0 Å². The van der Waals surface area contributed by atoms with Gasteiger partial charge in [-0.2, -0.15) is 0 Å². The Labute approximate surface area is 552 Å². The Morgan fingerprint density at radius 3 is 1.31 bits per heavy atom. The SMILES string of the molecule is C[C@H]1[C@H](OC(=O)CCC(=O)OCC(COC(=O)CCC(=O)O[C@@H]2O[C@@H]3O[C@]4(C)CC[C@H]5[C@H](C)CC[C@@H]([C@H]2C)[C@@]35OO4)(COC(=O)CCC(=O)O[C@@H]2O[C@@H]3O[C@]4(C)CC[C@H]5[C@H](C)CC[C@@](C)([C@H]2C)[C@@]35OO4)COC(O)CCC(=O)O)O[C@@H]2O[C@]3(C)CC[C@H]4[C@H](C)CC[C@@H]1[C@@]24OO3. The van der Waals surface area contributed by atoms with Crippen LogP contribution in [-0.4, -0.2) is 157 Å². The lowest BCUT2D eigenvalue weighted by Gasteiger charge is -2.65. The fourth-order valence-corrected chi connectivity index (χ4v) is 18.3. The summed E-state index contributed by atoms with van der Waals surface area (Å²) < 4.78 is 79.4. The lowest BCUT2D eigenvalue weighted by molar-refractivity contribution is -0.586. The van der Waals surface area contributed by atoms with E-state index in [-0.39, 0.29) is 47.3 Å². The number of ether oxygens (including phenoxy) is 13. The fraction of sp³-hybridized carbons (Fsp3) is 0.896. The minimum absolute atomic E-state index is 0.0364. The molecule has 6 bridgehead atoms. The third-order valence-corrected chi connectivity index (χ3v) is 24.2. The van der Waals surface area contributed by atoms with Gasteiger partial charge < -0.3 is 71.8 Å². The van der Waals surface area contributed by atoms with Gasteiger partial charge >= 0.3 is 41.8 Å². The molecule has 28 nitrogen and oxygen atoms in total. The summed E-state index contributed by atoms with van der Waals surface area (Å²) in [7, 11) is 0. The molecule has 28 heteroatoms. The summed E-state index contributed by atoms with van der Waals surface area (Å²) in [5.41, 5.74) is -5.28. The number of carbonyl (C=O) groups excluding carboxylic acids is 6. The third-order valence-electron chi connectivity index (χ3n) is 24.2. The van der Waals surface area contributed by atoms with Crippen molar-refractivity contribution in [3.05, 3.63) is 0 Å². The zero-order valence-corrected chi connectivity index (χ0v) is 56.4. The Morgan fingerprint density at radius 2 is 0.842 bits per heavy atom. The molecule has 1 unspecified atom stereocenters. The van der Waals surface area contributed by atoms with E-state index in [1.165, 1.54) is 0 Å². The Hall–Kier alpha value is -4.27. The van der Waals surface area contributed by atoms with Crippen molar-refractivity contribution in [1.29, 1.82) is 0 Å². The first kappa shape index (κ1) is 70.6. The van der Waals surface area contributed by atoms with Crippen molar-refractivity contribution in [2.24, 2.45) is 75.9 Å². The van der Waals surface area contributed by atoms with Crippen molar-refractivity contribution in [2.75, 3.05) is 26.4 Å². The molecule has 12 aliphatic heterocycles. The van der Waals surface area contributed by atoms with Crippen molar-refractivity contribution in [1.82, 2.24) is 0 Å². The summed E-state index contributed by atoms with van der Waals surface area (Å²) in [6.07, 6.45) is -2.59. The van der Waals surface area contributed by atoms with E-state index < -0.39 is 215 Å². The van der Waals surface area contributed by atoms with Crippen molar-refractivity contribution < 1.29 is 135 Å². The second-order valence-electron chi connectivity index (χ2n) is 30.6. The summed E-state index contributed by atoms with van der Waals surface area (Å²) in [6.45, 7) is 16.8. The topological polar surface area (TPSA) is 335 Å². The summed E-state index contributed by atoms with van der Waals surface area (Å²) in [5.74, 6) is -10.1. The smallest absolute Gasteiger partial charge is 0.308 e. The minimum atomic E-state index is -1.87. The number of fused-ring (bicyclic) bond motifs is 6. The van der Waals surface area contributed by atoms with Gasteiger partial charge in [-0.25, -0.2) is 29.3 Å². The predicted octanol–water partition coefficient (Wildman–Crippen LogP) is 7.79. The fourth-order valence-electron chi connectivity index (χ4n) is 18.3. The van der Waals surface area contributed by atoms with Crippen LogP contribution in [0.25, 0.3) is 0 Å². The van der Waals surface area contributed by atoms with E-state index >= 15 is 0 Å². The van der Waals surface area contributed by atoms with E-state index in [9.17, 15) is 43.8 Å². The molecule has 3 spiro atoms. The van der Waals surface area contributed by atoms with Crippen molar-refractivity contribution >= 4 is 41.8 Å². The number of hydrogen-bond donors (Lipinski definition) is 2. The number of aliphatic hydroxyl groups excluding tert-OH is 1. The molecule has 2 N–H and O–H groups in total. The first-order valence-electron chi connectivity index (χ1n) is 34.6. The molecule has 3 saturated carbocycles. The highest BCUT2D eigenvalue weighted by Crippen LogP contribution is 2.67. The number of aliphatic hydroxyl groups is 1. The highest BCUT2D eigenvalue weighted by Gasteiger charge is 2.76. The second-order valence-corrected chi connectivity index (χ2v) is 30.6. The zero-order chi connectivity index (χ0) is 67.8. The number of esters is 6. The Balaban J connectivity index is 0.702. The average Bonchev–Trinajstić information content (AvgIpc) is 1.69. The lowest BCUT2D eigenvalue weighted by atomic mass is 9.50. The maximum absolute atomic E-state index is 13.8. The van der Waals surface area contributed by atoms with E-state index in [1.54, 1.807) is 20.8 Å². The van der Waals surface area contributed by atoms with Crippen LogP contribution in [0.1, 0.15) is 198 Å². The van der Waals surface area contributed by atoms with Gasteiger partial charge in [0.15, 0.2) is 42.0 Å². The molecule has 534 valence electrons. The largest absolute Gasteiger partial charge is 0.481 e. The van der Waals surface area contributed by atoms with Gasteiger partial charge in [-0.05, 0) is 114 Å². The van der Waals surface area contributed by atoms with Crippen LogP contribution in [0.3, 0.4) is 0 Å². The number of carbonyl (C=O) groups is 7. The molecule has 0 amide bonds. The van der Waals surface area contributed by atoms with Gasteiger partial charge in [0.25, 0.3) is 0 Å². The van der Waals surface area contributed by atoms with Crippen molar-refractivity contribution in [3.63, 3.8) is 0 Å². The molecule has 15 rings (SSSR count). The maximum atomic E-state index is 13.8. The first-order chi connectivity index (χ1) is 45.0. The summed E-state index contributed by atoms with van der Waals surface area (Å²) in [4.78, 5) is 131. The van der Waals surface area contributed by atoms with Crippen LogP contribution in [0.2, 0.25) is 0 Å². The number of rotatable bonds is 24. The summed E-state index contributed by atoms with van der Waals surface area (Å²) >= 11 is 0. The molecule has 3 aliphatic carbocycles. The molecule has 15 fully saturated rings. The van der Waals surface area contributed by atoms with Gasteiger partial charge in [0.2, 0.25) is 36.2 Å². The third kappa shape index (κ3) is 13.2. The molecule has 0 aromatic carbocycles. The van der Waals surface area contributed by atoms with Crippen molar-refractivity contribution in [3.8, 4) is 0 Å². The molecule has 0 aromatic heterocycles. The van der Waals surface area contributed by atoms with Crippen LogP contribution < -0.4 is 0 Å². The monoisotopic (exact) mass is 1350 g/mol. The molecule has 0 radical (unpaired) electrons. The molecule has 15 aliphatic rings. The average molecular weight is 1350 g/mol. The quantitative estimate of drug-likeness (QED) is 0.0403. The number of carboxylic acids is 1. The van der Waals surface area contributed by atoms with Gasteiger partial charge in [-0.15, -0.1) is 0 Å². The highest BCUT2D eigenvalue weighted by molar-refractivity contribution is 5.79. The van der Waals surface area contributed by atoms with Gasteiger partial charge in [0, 0.05) is 60.7 Å². The molecule has 12 heterocycles. The van der Waals surface area contributed by atoms with E-state index in [0.717, 1.165) is 51.4 Å². The Kier molecular flexibility index (Phi) is 20.1. The number of aliphatic carboxylic acids is 1. The van der Waals surface area contributed by atoms with Crippen LogP contribution >= 0.6 is 0 Å².